The van der Waals surface area contributed by atoms with Gasteiger partial charge in [0.25, 0.3) is 11.5 Å². The van der Waals surface area contributed by atoms with Crippen molar-refractivity contribution in [1.29, 1.82) is 0 Å². The summed E-state index contributed by atoms with van der Waals surface area (Å²) < 4.78 is 3.97. The molecule has 3 aliphatic heterocycles. The zero-order valence-corrected chi connectivity index (χ0v) is 19.0. The van der Waals surface area contributed by atoms with Gasteiger partial charge in [0.15, 0.2) is 0 Å². The van der Waals surface area contributed by atoms with Crippen molar-refractivity contribution < 1.29 is 9.90 Å². The lowest BCUT2D eigenvalue weighted by Gasteiger charge is -2.43. The average molecular weight is 447 g/mol. The monoisotopic (exact) mass is 446 g/mol. The van der Waals surface area contributed by atoms with Gasteiger partial charge in [-0.3, -0.25) is 14.5 Å². The van der Waals surface area contributed by atoms with Crippen LogP contribution in [0.3, 0.4) is 0 Å². The second kappa shape index (κ2) is 7.85. The number of aliphatic hydroxyl groups excluding tert-OH is 1. The van der Waals surface area contributed by atoms with E-state index >= 15 is 0 Å². The quantitative estimate of drug-likeness (QED) is 0.665. The Bertz CT molecular complexity index is 1290. The van der Waals surface area contributed by atoms with Gasteiger partial charge in [-0.1, -0.05) is 24.3 Å². The minimum atomic E-state index is -0.582. The minimum Gasteiger partial charge on any atom is -0.390 e. The number of hydrogen-bond acceptors (Lipinski definition) is 4. The Kier molecular flexibility index (Phi) is 4.92. The van der Waals surface area contributed by atoms with E-state index in [1.54, 1.807) is 11.0 Å². The summed E-state index contributed by atoms with van der Waals surface area (Å²) in [4.78, 5) is 29.4. The Labute approximate surface area is 192 Å². The van der Waals surface area contributed by atoms with Crippen molar-refractivity contribution in [2.45, 2.75) is 38.0 Å². The molecular weight excluding hydrogens is 416 g/mol. The largest absolute Gasteiger partial charge is 0.390 e. The molecule has 7 heteroatoms. The number of carbonyl (C=O) groups is 1. The molecule has 1 fully saturated rings. The summed E-state index contributed by atoms with van der Waals surface area (Å²) in [5.74, 6) is 0.794. The fourth-order valence-corrected chi connectivity index (χ4v) is 6.34. The Morgan fingerprint density at radius 2 is 1.88 bits per heavy atom. The maximum Gasteiger partial charge on any atom is 0.270 e. The van der Waals surface area contributed by atoms with Crippen molar-refractivity contribution in [3.05, 3.63) is 69.8 Å². The SMILES string of the molecule is CN1CCc2c(n(C[C@H](O)CN3C[C@@H]4C[C@H](C3)c3cccc(=O)n3C4)c3ccccc23)C1=O. The zero-order valence-electron chi connectivity index (χ0n) is 19.0. The standard InChI is InChI=1S/C26H30N4O3/c1-27-10-9-21-20-5-2-3-6-23(20)30(25(21)26(27)33)16-19(31)15-28-12-17-11-18(14-28)22-7-4-8-24(32)29(22)13-17/h2-8,17-19,31H,9-16H2,1H3/t17-,18+,19+/m0/s1. The fraction of sp³-hybridized carbons (Fsp3) is 0.462. The second-order valence-electron chi connectivity index (χ2n) is 10.0. The second-order valence-corrected chi connectivity index (χ2v) is 10.0. The van der Waals surface area contributed by atoms with Crippen LogP contribution in [0.1, 0.15) is 34.1 Å². The normalized spacial score (nSPS) is 23.5. The molecule has 172 valence electrons. The van der Waals surface area contributed by atoms with Crippen LogP contribution in [0.4, 0.5) is 0 Å². The van der Waals surface area contributed by atoms with Crippen molar-refractivity contribution in [2.75, 3.05) is 33.2 Å². The first-order valence-electron chi connectivity index (χ1n) is 12.0. The van der Waals surface area contributed by atoms with Crippen molar-refractivity contribution in [1.82, 2.24) is 18.9 Å². The average Bonchev–Trinajstić information content (AvgIpc) is 3.11. The van der Waals surface area contributed by atoms with Gasteiger partial charge in [-0.15, -0.1) is 0 Å². The number of β-amino-alcohol motifs (C(OH)–C–C–N with tert-alkyl or cyclic N) is 1. The Balaban J connectivity index is 1.24. The molecule has 33 heavy (non-hydrogen) atoms. The number of aromatic nitrogens is 2. The van der Waals surface area contributed by atoms with Gasteiger partial charge >= 0.3 is 0 Å². The van der Waals surface area contributed by atoms with Gasteiger partial charge in [0.05, 0.1) is 12.6 Å². The summed E-state index contributed by atoms with van der Waals surface area (Å²) in [6, 6.07) is 13.7. The summed E-state index contributed by atoms with van der Waals surface area (Å²) in [5, 5.41) is 12.3. The molecule has 1 aromatic carbocycles. The highest BCUT2D eigenvalue weighted by Gasteiger charge is 2.35. The molecule has 1 amide bonds. The number of amides is 1. The van der Waals surface area contributed by atoms with E-state index in [0.29, 0.717) is 24.9 Å². The highest BCUT2D eigenvalue weighted by Crippen LogP contribution is 2.35. The lowest BCUT2D eigenvalue weighted by atomic mass is 9.83. The molecule has 5 heterocycles. The van der Waals surface area contributed by atoms with Crippen LogP contribution in [0.2, 0.25) is 0 Å². The topological polar surface area (TPSA) is 70.7 Å². The third kappa shape index (κ3) is 3.42. The summed E-state index contributed by atoms with van der Waals surface area (Å²) in [6.45, 7) is 4.19. The molecule has 0 radical (unpaired) electrons. The molecule has 0 spiro atoms. The lowest BCUT2D eigenvalue weighted by molar-refractivity contribution is 0.0542. The predicted octanol–water partition coefficient (Wildman–Crippen LogP) is 1.91. The van der Waals surface area contributed by atoms with Gasteiger partial charge in [0.1, 0.15) is 5.69 Å². The number of likely N-dealkylation sites (tertiary alicyclic amines) is 1. The van der Waals surface area contributed by atoms with E-state index in [1.165, 1.54) is 0 Å². The van der Waals surface area contributed by atoms with Gasteiger partial charge in [-0.2, -0.15) is 0 Å². The zero-order chi connectivity index (χ0) is 22.7. The maximum absolute atomic E-state index is 13.0. The van der Waals surface area contributed by atoms with Gasteiger partial charge in [0, 0.05) is 68.4 Å². The summed E-state index contributed by atoms with van der Waals surface area (Å²) >= 11 is 0. The van der Waals surface area contributed by atoms with Crippen LogP contribution in [-0.2, 0) is 19.5 Å². The number of para-hydroxylation sites is 1. The number of likely N-dealkylation sites (N-methyl/N-ethyl adjacent to an activating group) is 1. The molecule has 2 aromatic heterocycles. The first-order chi connectivity index (χ1) is 16.0. The Hall–Kier alpha value is -2.90. The number of nitrogens with zero attached hydrogens (tertiary/aromatic N) is 4. The smallest absolute Gasteiger partial charge is 0.270 e. The molecule has 6 rings (SSSR count). The molecule has 7 nitrogen and oxygen atoms in total. The highest BCUT2D eigenvalue weighted by atomic mass is 16.3. The summed E-state index contributed by atoms with van der Waals surface area (Å²) in [6.07, 6.45) is 1.36. The molecule has 0 unspecified atom stereocenters. The number of fused-ring (bicyclic) bond motifs is 7. The number of piperidine rings is 1. The molecular formula is C26H30N4O3. The molecule has 3 atom stereocenters. The van der Waals surface area contributed by atoms with Crippen LogP contribution in [-0.4, -0.2) is 69.3 Å². The van der Waals surface area contributed by atoms with E-state index in [2.05, 4.69) is 17.0 Å². The first kappa shape index (κ1) is 20.7. The molecule has 1 saturated heterocycles. The molecule has 1 N–H and O–H groups in total. The van der Waals surface area contributed by atoms with E-state index in [9.17, 15) is 14.7 Å². The lowest BCUT2D eigenvalue weighted by Crippen LogP contribution is -2.49. The molecule has 3 aromatic rings. The minimum absolute atomic E-state index is 0.0363. The molecule has 2 bridgehead atoms. The number of hydrogen-bond donors (Lipinski definition) is 1. The van der Waals surface area contributed by atoms with Crippen LogP contribution >= 0.6 is 0 Å². The molecule has 0 aliphatic carbocycles. The van der Waals surface area contributed by atoms with Crippen molar-refractivity contribution in [3.63, 3.8) is 0 Å². The summed E-state index contributed by atoms with van der Waals surface area (Å²) in [7, 11) is 1.85. The molecule has 0 saturated carbocycles. The van der Waals surface area contributed by atoms with E-state index in [1.807, 2.05) is 40.4 Å². The first-order valence-corrected chi connectivity index (χ1v) is 12.0. The number of carbonyl (C=O) groups excluding carboxylic acids is 1. The van der Waals surface area contributed by atoms with E-state index in [-0.39, 0.29) is 11.5 Å². The van der Waals surface area contributed by atoms with Gasteiger partial charge in [0.2, 0.25) is 0 Å². The van der Waals surface area contributed by atoms with Crippen molar-refractivity contribution in [3.8, 4) is 0 Å². The number of benzene rings is 1. The van der Waals surface area contributed by atoms with Crippen LogP contribution in [0, 0.1) is 5.92 Å². The van der Waals surface area contributed by atoms with Gasteiger partial charge < -0.3 is 19.1 Å². The Morgan fingerprint density at radius 1 is 1.03 bits per heavy atom. The predicted molar refractivity (Wildman–Crippen MR) is 127 cm³/mol. The van der Waals surface area contributed by atoms with Crippen molar-refractivity contribution >= 4 is 16.8 Å². The summed E-state index contributed by atoms with van der Waals surface area (Å²) in [5.41, 5.74) is 4.07. The Morgan fingerprint density at radius 3 is 2.76 bits per heavy atom. The van der Waals surface area contributed by atoms with Gasteiger partial charge in [-0.05, 0) is 36.5 Å². The van der Waals surface area contributed by atoms with E-state index < -0.39 is 6.10 Å². The number of aliphatic hydroxyl groups is 1. The van der Waals surface area contributed by atoms with Crippen LogP contribution in [0.25, 0.3) is 10.9 Å². The van der Waals surface area contributed by atoms with Crippen LogP contribution < -0.4 is 5.56 Å². The third-order valence-corrected chi connectivity index (χ3v) is 7.74. The third-order valence-electron chi connectivity index (χ3n) is 7.74. The maximum atomic E-state index is 13.0. The molecule has 3 aliphatic rings. The fourth-order valence-electron chi connectivity index (χ4n) is 6.34. The number of pyridine rings is 1. The van der Waals surface area contributed by atoms with E-state index in [4.69, 9.17) is 0 Å². The van der Waals surface area contributed by atoms with Crippen LogP contribution in [0.5, 0.6) is 0 Å². The highest BCUT2D eigenvalue weighted by molar-refractivity contribution is 6.02. The van der Waals surface area contributed by atoms with Crippen LogP contribution in [0.15, 0.2) is 47.3 Å². The van der Waals surface area contributed by atoms with Gasteiger partial charge in [-0.25, -0.2) is 0 Å². The van der Waals surface area contributed by atoms with E-state index in [0.717, 1.165) is 66.9 Å². The number of rotatable bonds is 4. The van der Waals surface area contributed by atoms with Crippen molar-refractivity contribution in [2.24, 2.45) is 5.92 Å².